The van der Waals surface area contributed by atoms with Crippen LogP contribution < -0.4 is 0 Å². The smallest absolute Gasteiger partial charge is 0.410 e. The fourth-order valence-electron chi connectivity index (χ4n) is 2.29. The Bertz CT molecular complexity index is 482. The maximum Gasteiger partial charge on any atom is 0.410 e. The third-order valence-electron chi connectivity index (χ3n) is 3.31. The Labute approximate surface area is 131 Å². The highest BCUT2D eigenvalue weighted by atomic mass is 32.2. The van der Waals surface area contributed by atoms with Gasteiger partial charge in [0.05, 0.1) is 5.03 Å². The molecule has 1 saturated heterocycles. The van der Waals surface area contributed by atoms with E-state index in [1.54, 1.807) is 11.8 Å². The van der Waals surface area contributed by atoms with E-state index in [4.69, 9.17) is 4.74 Å². The van der Waals surface area contributed by atoms with Crippen LogP contribution in [0.3, 0.4) is 0 Å². The Balaban J connectivity index is 1.90. The third kappa shape index (κ3) is 4.92. The predicted molar refractivity (Wildman–Crippen MR) is 85.7 cm³/mol. The molecule has 1 aromatic rings. The maximum absolute atomic E-state index is 12.2. The molecule has 2 heterocycles. The molecule has 1 atom stereocenters. The largest absolute Gasteiger partial charge is 0.444 e. The number of carbonyl (C=O) groups excluding carboxylic acids is 1. The molecule has 5 heteroatoms. The van der Waals surface area contributed by atoms with Gasteiger partial charge in [-0.05, 0) is 52.2 Å². The number of carbonyl (C=O) groups is 1. The summed E-state index contributed by atoms with van der Waals surface area (Å²) < 4.78 is 5.48. The maximum atomic E-state index is 12.2. The molecular formula is C16H24N2O2S. The van der Waals surface area contributed by atoms with E-state index in [1.807, 2.05) is 44.9 Å². The van der Waals surface area contributed by atoms with Crippen molar-refractivity contribution in [2.24, 2.45) is 0 Å². The highest BCUT2D eigenvalue weighted by molar-refractivity contribution is 7.99. The third-order valence-corrected chi connectivity index (χ3v) is 4.40. The van der Waals surface area contributed by atoms with E-state index in [0.717, 1.165) is 35.7 Å². The molecule has 1 fully saturated rings. The first-order valence-electron chi connectivity index (χ1n) is 7.40. The number of rotatable bonds is 3. The van der Waals surface area contributed by atoms with Crippen molar-refractivity contribution >= 4 is 17.9 Å². The molecule has 0 bridgehead atoms. The quantitative estimate of drug-likeness (QED) is 0.795. The summed E-state index contributed by atoms with van der Waals surface area (Å²) in [5, 5.41) is 1.01. The lowest BCUT2D eigenvalue weighted by Gasteiger charge is -2.28. The molecule has 0 unspecified atom stereocenters. The molecule has 21 heavy (non-hydrogen) atoms. The molecule has 1 amide bonds. The topological polar surface area (TPSA) is 42.4 Å². The zero-order valence-electron chi connectivity index (χ0n) is 13.3. The Morgan fingerprint density at radius 3 is 2.86 bits per heavy atom. The van der Waals surface area contributed by atoms with Gasteiger partial charge < -0.3 is 9.64 Å². The number of aryl methyl sites for hydroxylation is 1. The number of nitrogens with zero attached hydrogens (tertiary/aromatic N) is 2. The normalized spacial score (nSPS) is 18.9. The van der Waals surface area contributed by atoms with Crippen LogP contribution in [0.25, 0.3) is 0 Å². The van der Waals surface area contributed by atoms with Crippen molar-refractivity contribution in [3.63, 3.8) is 0 Å². The number of hydrogen-bond donors (Lipinski definition) is 0. The summed E-state index contributed by atoms with van der Waals surface area (Å²) in [5.74, 6) is 0.870. The van der Waals surface area contributed by atoms with Crippen LogP contribution in [0.1, 0.15) is 39.2 Å². The summed E-state index contributed by atoms with van der Waals surface area (Å²) in [6, 6.07) is 4.34. The second-order valence-corrected chi connectivity index (χ2v) is 7.49. The standard InChI is InChI=1S/C16H24N2O2S/c1-12-7-8-14(17-10-12)21-11-13-6-5-9-18(13)15(19)20-16(2,3)4/h7-8,10,13H,5-6,9,11H2,1-4H3/t13-/m0/s1. The summed E-state index contributed by atoms with van der Waals surface area (Å²) in [7, 11) is 0. The first-order chi connectivity index (χ1) is 9.85. The minimum atomic E-state index is -0.435. The van der Waals surface area contributed by atoms with Gasteiger partial charge in [-0.2, -0.15) is 0 Å². The summed E-state index contributed by atoms with van der Waals surface area (Å²) in [6.45, 7) is 8.53. The fraction of sp³-hybridized carbons (Fsp3) is 0.625. The van der Waals surface area contributed by atoms with Gasteiger partial charge >= 0.3 is 6.09 Å². The number of thioether (sulfide) groups is 1. The molecule has 1 aromatic heterocycles. The molecule has 0 spiro atoms. The molecule has 4 nitrogen and oxygen atoms in total. The highest BCUT2D eigenvalue weighted by Gasteiger charge is 2.32. The van der Waals surface area contributed by atoms with Crippen LogP contribution >= 0.6 is 11.8 Å². The van der Waals surface area contributed by atoms with Crippen molar-refractivity contribution in [1.29, 1.82) is 0 Å². The molecule has 0 radical (unpaired) electrons. The van der Waals surface area contributed by atoms with Gasteiger partial charge in [-0.1, -0.05) is 6.07 Å². The van der Waals surface area contributed by atoms with Gasteiger partial charge in [-0.3, -0.25) is 0 Å². The number of aromatic nitrogens is 1. The van der Waals surface area contributed by atoms with E-state index in [9.17, 15) is 4.79 Å². The van der Waals surface area contributed by atoms with Crippen LogP contribution in [0.4, 0.5) is 4.79 Å². The van der Waals surface area contributed by atoms with E-state index in [-0.39, 0.29) is 12.1 Å². The second-order valence-electron chi connectivity index (χ2n) is 6.45. The van der Waals surface area contributed by atoms with Gasteiger partial charge in [0.2, 0.25) is 0 Å². The fourth-order valence-corrected chi connectivity index (χ4v) is 3.29. The van der Waals surface area contributed by atoms with Gasteiger partial charge in [0.1, 0.15) is 5.60 Å². The van der Waals surface area contributed by atoms with E-state index < -0.39 is 5.60 Å². The Kier molecular flexibility index (Phi) is 5.14. The summed E-state index contributed by atoms with van der Waals surface area (Å²) in [4.78, 5) is 18.5. The van der Waals surface area contributed by atoms with Crippen molar-refractivity contribution in [2.75, 3.05) is 12.3 Å². The van der Waals surface area contributed by atoms with Crippen molar-refractivity contribution in [3.8, 4) is 0 Å². The monoisotopic (exact) mass is 308 g/mol. The van der Waals surface area contributed by atoms with Gasteiger partial charge in [0.25, 0.3) is 0 Å². The van der Waals surface area contributed by atoms with Crippen LogP contribution in [0.15, 0.2) is 23.4 Å². The number of ether oxygens (including phenoxy) is 1. The molecule has 0 aromatic carbocycles. The highest BCUT2D eigenvalue weighted by Crippen LogP contribution is 2.26. The first kappa shape index (κ1) is 16.1. The molecule has 0 N–H and O–H groups in total. The summed E-state index contributed by atoms with van der Waals surface area (Å²) in [6.07, 6.45) is 3.77. The van der Waals surface area contributed by atoms with Crippen molar-refractivity contribution < 1.29 is 9.53 Å². The van der Waals surface area contributed by atoms with Gasteiger partial charge in [0, 0.05) is 24.5 Å². The van der Waals surface area contributed by atoms with Gasteiger partial charge in [-0.25, -0.2) is 9.78 Å². The molecule has 1 aliphatic rings. The van der Waals surface area contributed by atoms with Gasteiger partial charge in [-0.15, -0.1) is 11.8 Å². The molecule has 1 aliphatic heterocycles. The van der Waals surface area contributed by atoms with Crippen molar-refractivity contribution in [2.45, 2.75) is 57.2 Å². The van der Waals surface area contributed by atoms with Crippen molar-refractivity contribution in [1.82, 2.24) is 9.88 Å². The Morgan fingerprint density at radius 2 is 2.24 bits per heavy atom. The lowest BCUT2D eigenvalue weighted by Crippen LogP contribution is -2.40. The van der Waals surface area contributed by atoms with E-state index in [2.05, 4.69) is 11.1 Å². The minimum Gasteiger partial charge on any atom is -0.444 e. The Morgan fingerprint density at radius 1 is 1.48 bits per heavy atom. The summed E-state index contributed by atoms with van der Waals surface area (Å²) >= 11 is 1.70. The molecule has 0 saturated carbocycles. The average Bonchev–Trinajstić information content (AvgIpc) is 2.84. The molecule has 0 aliphatic carbocycles. The van der Waals surface area contributed by atoms with E-state index >= 15 is 0 Å². The van der Waals surface area contributed by atoms with Crippen molar-refractivity contribution in [3.05, 3.63) is 23.9 Å². The van der Waals surface area contributed by atoms with Crippen LogP contribution in [-0.2, 0) is 4.74 Å². The van der Waals surface area contributed by atoms with E-state index in [1.165, 1.54) is 0 Å². The SMILES string of the molecule is Cc1ccc(SC[C@@H]2CCCN2C(=O)OC(C)(C)C)nc1. The Hall–Kier alpha value is -1.23. The number of likely N-dealkylation sites (tertiary alicyclic amines) is 1. The van der Waals surface area contributed by atoms with Gasteiger partial charge in [0.15, 0.2) is 0 Å². The lowest BCUT2D eigenvalue weighted by atomic mass is 10.2. The van der Waals surface area contributed by atoms with Crippen LogP contribution in [0.2, 0.25) is 0 Å². The zero-order chi connectivity index (χ0) is 15.5. The molecule has 2 rings (SSSR count). The van der Waals surface area contributed by atoms with Crippen LogP contribution in [-0.4, -0.2) is 39.9 Å². The summed E-state index contributed by atoms with van der Waals surface area (Å²) in [5.41, 5.74) is 0.728. The predicted octanol–water partition coefficient (Wildman–Crippen LogP) is 3.88. The second kappa shape index (κ2) is 6.69. The van der Waals surface area contributed by atoms with E-state index in [0.29, 0.717) is 0 Å². The zero-order valence-corrected chi connectivity index (χ0v) is 14.1. The molecule has 116 valence electrons. The molecular weight excluding hydrogens is 284 g/mol. The number of hydrogen-bond acceptors (Lipinski definition) is 4. The number of pyridine rings is 1. The lowest BCUT2D eigenvalue weighted by molar-refractivity contribution is 0.0242. The average molecular weight is 308 g/mol. The first-order valence-corrected chi connectivity index (χ1v) is 8.39. The minimum absolute atomic E-state index is 0.192. The number of amides is 1. The van der Waals surface area contributed by atoms with Crippen LogP contribution in [0.5, 0.6) is 0 Å². The van der Waals surface area contributed by atoms with Crippen LogP contribution in [0, 0.1) is 6.92 Å².